The molecular formula is C24H27BrN4O6. The summed E-state index contributed by atoms with van der Waals surface area (Å²) in [5, 5.41) is 6.38. The Labute approximate surface area is 211 Å². The van der Waals surface area contributed by atoms with Gasteiger partial charge >= 0.3 is 11.8 Å². The summed E-state index contributed by atoms with van der Waals surface area (Å²) in [7, 11) is 1.47. The number of morpholine rings is 1. The maximum absolute atomic E-state index is 12.4. The highest BCUT2D eigenvalue weighted by Crippen LogP contribution is 2.36. The fraction of sp³-hybridized carbons (Fsp3) is 0.333. The third kappa shape index (κ3) is 7.27. The Hall–Kier alpha value is -3.44. The van der Waals surface area contributed by atoms with Crippen LogP contribution in [0.25, 0.3) is 0 Å². The van der Waals surface area contributed by atoms with Gasteiger partial charge in [-0.25, -0.2) is 5.43 Å². The molecule has 1 saturated heterocycles. The molecule has 186 valence electrons. The second-order valence-electron chi connectivity index (χ2n) is 7.77. The van der Waals surface area contributed by atoms with E-state index in [1.165, 1.54) is 13.3 Å². The van der Waals surface area contributed by atoms with E-state index in [2.05, 4.69) is 31.8 Å². The minimum absolute atomic E-state index is 0.144. The number of aryl methyl sites for hydroxylation is 2. The van der Waals surface area contributed by atoms with Crippen LogP contribution in [0, 0.1) is 13.8 Å². The standard InChI is InChI=1S/C24H27BrN4O6/c1-15-4-5-18(10-16(15)2)27-23(31)24(32)28-26-13-17-11-19(25)22(20(12-17)33-3)35-14-21(30)29-6-8-34-9-7-29/h4-5,10-13H,6-9,14H2,1-3H3,(H,27,31)(H,28,32)/b26-13-. The van der Waals surface area contributed by atoms with Crippen molar-refractivity contribution in [3.8, 4) is 11.5 Å². The molecule has 0 saturated carbocycles. The Balaban J connectivity index is 1.58. The van der Waals surface area contributed by atoms with Crippen LogP contribution < -0.4 is 20.2 Å². The van der Waals surface area contributed by atoms with Crippen LogP contribution in [-0.4, -0.2) is 68.9 Å². The molecule has 1 fully saturated rings. The first-order valence-corrected chi connectivity index (χ1v) is 11.6. The Bertz CT molecular complexity index is 1130. The number of nitrogens with one attached hydrogen (secondary N) is 2. The van der Waals surface area contributed by atoms with Gasteiger partial charge in [-0.05, 0) is 70.7 Å². The third-order valence-corrected chi connectivity index (χ3v) is 5.90. The lowest BCUT2D eigenvalue weighted by atomic mass is 10.1. The highest BCUT2D eigenvalue weighted by molar-refractivity contribution is 9.10. The molecule has 0 atom stereocenters. The van der Waals surface area contributed by atoms with Crippen LogP contribution in [0.1, 0.15) is 16.7 Å². The zero-order valence-electron chi connectivity index (χ0n) is 19.7. The van der Waals surface area contributed by atoms with Crippen molar-refractivity contribution in [1.29, 1.82) is 0 Å². The number of halogens is 1. The number of methoxy groups -OCH3 is 1. The van der Waals surface area contributed by atoms with E-state index in [-0.39, 0.29) is 12.5 Å². The van der Waals surface area contributed by atoms with E-state index in [4.69, 9.17) is 14.2 Å². The van der Waals surface area contributed by atoms with Gasteiger partial charge in [0.2, 0.25) is 0 Å². The molecule has 2 aromatic rings. The molecule has 2 N–H and O–H groups in total. The van der Waals surface area contributed by atoms with Gasteiger partial charge in [0.1, 0.15) is 0 Å². The summed E-state index contributed by atoms with van der Waals surface area (Å²) >= 11 is 3.41. The van der Waals surface area contributed by atoms with Crippen molar-refractivity contribution in [3.05, 3.63) is 51.5 Å². The number of rotatable bonds is 7. The highest BCUT2D eigenvalue weighted by Gasteiger charge is 2.19. The van der Waals surface area contributed by atoms with E-state index in [1.807, 2.05) is 19.9 Å². The molecule has 0 bridgehead atoms. The average Bonchev–Trinajstić information content (AvgIpc) is 2.85. The number of hydrazone groups is 1. The van der Waals surface area contributed by atoms with E-state index in [9.17, 15) is 14.4 Å². The lowest BCUT2D eigenvalue weighted by Gasteiger charge is -2.26. The Morgan fingerprint density at radius 2 is 1.86 bits per heavy atom. The van der Waals surface area contributed by atoms with Gasteiger partial charge in [0.15, 0.2) is 18.1 Å². The molecule has 10 nitrogen and oxygen atoms in total. The van der Waals surface area contributed by atoms with Crippen molar-refractivity contribution in [3.63, 3.8) is 0 Å². The van der Waals surface area contributed by atoms with Crippen molar-refractivity contribution >= 4 is 45.6 Å². The second-order valence-corrected chi connectivity index (χ2v) is 8.62. The number of hydrogen-bond donors (Lipinski definition) is 2. The van der Waals surface area contributed by atoms with E-state index in [1.54, 1.807) is 29.2 Å². The molecule has 0 aliphatic carbocycles. The molecular weight excluding hydrogens is 520 g/mol. The number of anilines is 1. The Morgan fingerprint density at radius 1 is 1.11 bits per heavy atom. The minimum atomic E-state index is -0.910. The van der Waals surface area contributed by atoms with Crippen molar-refractivity contribution in [2.24, 2.45) is 5.10 Å². The van der Waals surface area contributed by atoms with Crippen LogP contribution in [0.5, 0.6) is 11.5 Å². The predicted molar refractivity (Wildman–Crippen MR) is 134 cm³/mol. The van der Waals surface area contributed by atoms with Crippen molar-refractivity contribution in [2.75, 3.05) is 45.3 Å². The van der Waals surface area contributed by atoms with Gasteiger partial charge in [0, 0.05) is 18.8 Å². The van der Waals surface area contributed by atoms with Crippen LogP contribution in [0.4, 0.5) is 5.69 Å². The monoisotopic (exact) mass is 546 g/mol. The fourth-order valence-corrected chi connectivity index (χ4v) is 3.79. The van der Waals surface area contributed by atoms with Gasteiger partial charge in [-0.3, -0.25) is 14.4 Å². The van der Waals surface area contributed by atoms with Gasteiger partial charge in [0.25, 0.3) is 5.91 Å². The van der Waals surface area contributed by atoms with Crippen LogP contribution in [0.15, 0.2) is 39.9 Å². The molecule has 0 unspecified atom stereocenters. The zero-order chi connectivity index (χ0) is 25.4. The number of hydrogen-bond acceptors (Lipinski definition) is 7. The summed E-state index contributed by atoms with van der Waals surface area (Å²) in [5.74, 6) is -1.16. The first-order valence-electron chi connectivity index (χ1n) is 10.9. The topological polar surface area (TPSA) is 119 Å². The van der Waals surface area contributed by atoms with Crippen molar-refractivity contribution < 1.29 is 28.6 Å². The molecule has 2 aromatic carbocycles. The summed E-state index contributed by atoms with van der Waals surface area (Å²) in [6, 6.07) is 8.68. The lowest BCUT2D eigenvalue weighted by molar-refractivity contribution is -0.137. The van der Waals surface area contributed by atoms with E-state index in [0.29, 0.717) is 53.5 Å². The number of benzene rings is 2. The van der Waals surface area contributed by atoms with Crippen LogP contribution in [0.2, 0.25) is 0 Å². The van der Waals surface area contributed by atoms with Gasteiger partial charge < -0.3 is 24.4 Å². The zero-order valence-corrected chi connectivity index (χ0v) is 21.3. The van der Waals surface area contributed by atoms with Crippen LogP contribution >= 0.6 is 15.9 Å². The first kappa shape index (κ1) is 26.2. The molecule has 0 radical (unpaired) electrons. The van der Waals surface area contributed by atoms with Crippen molar-refractivity contribution in [2.45, 2.75) is 13.8 Å². The van der Waals surface area contributed by atoms with E-state index < -0.39 is 11.8 Å². The molecule has 1 heterocycles. The average molecular weight is 547 g/mol. The normalized spacial score (nSPS) is 13.4. The quantitative estimate of drug-likeness (QED) is 0.312. The van der Waals surface area contributed by atoms with Crippen LogP contribution in [0.3, 0.4) is 0 Å². The molecule has 3 rings (SSSR count). The summed E-state index contributed by atoms with van der Waals surface area (Å²) in [4.78, 5) is 38.2. The highest BCUT2D eigenvalue weighted by atomic mass is 79.9. The van der Waals surface area contributed by atoms with Gasteiger partial charge in [-0.2, -0.15) is 5.10 Å². The van der Waals surface area contributed by atoms with Crippen molar-refractivity contribution in [1.82, 2.24) is 10.3 Å². The first-order chi connectivity index (χ1) is 16.8. The van der Waals surface area contributed by atoms with Gasteiger partial charge in [0.05, 0.1) is 31.0 Å². The molecule has 3 amide bonds. The van der Waals surface area contributed by atoms with Gasteiger partial charge in [-0.15, -0.1) is 0 Å². The van der Waals surface area contributed by atoms with Gasteiger partial charge in [-0.1, -0.05) is 6.07 Å². The molecule has 0 aromatic heterocycles. The third-order valence-electron chi connectivity index (χ3n) is 5.31. The number of amides is 3. The maximum atomic E-state index is 12.4. The van der Waals surface area contributed by atoms with E-state index in [0.717, 1.165) is 11.1 Å². The number of carbonyl (C=O) groups is 3. The number of ether oxygens (including phenoxy) is 3. The lowest BCUT2D eigenvalue weighted by Crippen LogP contribution is -2.43. The number of carbonyl (C=O) groups excluding carboxylic acids is 3. The smallest absolute Gasteiger partial charge is 0.329 e. The Morgan fingerprint density at radius 3 is 2.54 bits per heavy atom. The predicted octanol–water partition coefficient (Wildman–Crippen LogP) is 2.40. The molecule has 0 spiro atoms. The van der Waals surface area contributed by atoms with Crippen LogP contribution in [-0.2, 0) is 19.1 Å². The summed E-state index contributed by atoms with van der Waals surface area (Å²) in [6.45, 7) is 5.81. The van der Waals surface area contributed by atoms with E-state index >= 15 is 0 Å². The summed E-state index contributed by atoms with van der Waals surface area (Å²) in [6.07, 6.45) is 1.36. The molecule has 1 aliphatic heterocycles. The molecule has 35 heavy (non-hydrogen) atoms. The second kappa shape index (κ2) is 12.3. The fourth-order valence-electron chi connectivity index (χ4n) is 3.22. The largest absolute Gasteiger partial charge is 0.493 e. The summed E-state index contributed by atoms with van der Waals surface area (Å²) in [5.41, 5.74) is 5.36. The summed E-state index contributed by atoms with van der Waals surface area (Å²) < 4.78 is 16.9. The Kier molecular flexibility index (Phi) is 9.21. The SMILES string of the molecule is COc1cc(/C=N\NC(=O)C(=O)Nc2ccc(C)c(C)c2)cc(Br)c1OCC(=O)N1CCOCC1. The maximum Gasteiger partial charge on any atom is 0.329 e. The minimum Gasteiger partial charge on any atom is -0.493 e. The molecule has 1 aliphatic rings. The molecule has 11 heteroatoms. The number of nitrogens with zero attached hydrogens (tertiary/aromatic N) is 2.